The van der Waals surface area contributed by atoms with Gasteiger partial charge in [-0.15, -0.1) is 0 Å². The van der Waals surface area contributed by atoms with Gasteiger partial charge in [0.05, 0.1) is 20.8 Å². The van der Waals surface area contributed by atoms with E-state index in [-0.39, 0.29) is 49.3 Å². The predicted molar refractivity (Wildman–Crippen MR) is 143 cm³/mol. The van der Waals surface area contributed by atoms with E-state index in [9.17, 15) is 14.4 Å². The van der Waals surface area contributed by atoms with Crippen molar-refractivity contribution in [3.63, 3.8) is 0 Å². The number of anilines is 1. The molecule has 1 N–H and O–H groups in total. The SMILES string of the molecule is O=C1NC(=O)N(c2ccc(Cl)c(Cl)c2)C(=O)/C1=C/c1cc(Cl)cc(Cl)c1OCc1ccc(Cl)cc1Cl. The van der Waals surface area contributed by atoms with E-state index < -0.39 is 17.8 Å². The predicted octanol–water partition coefficient (Wildman–Crippen LogP) is 7.85. The lowest BCUT2D eigenvalue weighted by Gasteiger charge is -2.26. The average Bonchev–Trinajstić information content (AvgIpc) is 2.79. The smallest absolute Gasteiger partial charge is 0.335 e. The zero-order valence-corrected chi connectivity index (χ0v) is 22.3. The van der Waals surface area contributed by atoms with Gasteiger partial charge < -0.3 is 4.74 Å². The first kappa shape index (κ1) is 26.6. The molecular weight excluding hydrogens is 593 g/mol. The fourth-order valence-electron chi connectivity index (χ4n) is 3.30. The molecule has 0 saturated carbocycles. The number of halogens is 6. The summed E-state index contributed by atoms with van der Waals surface area (Å²) in [6.45, 7) is 0.00154. The average molecular weight is 605 g/mol. The molecule has 0 spiro atoms. The molecule has 1 heterocycles. The van der Waals surface area contributed by atoms with E-state index in [0.717, 1.165) is 4.90 Å². The van der Waals surface area contributed by atoms with Crippen LogP contribution in [0.4, 0.5) is 10.5 Å². The Balaban J connectivity index is 1.72. The van der Waals surface area contributed by atoms with Gasteiger partial charge in [-0.25, -0.2) is 9.69 Å². The van der Waals surface area contributed by atoms with Gasteiger partial charge in [0.2, 0.25) is 0 Å². The first-order valence-electron chi connectivity index (χ1n) is 9.97. The van der Waals surface area contributed by atoms with Crippen LogP contribution in [-0.2, 0) is 16.2 Å². The van der Waals surface area contributed by atoms with Crippen LogP contribution in [-0.4, -0.2) is 17.8 Å². The minimum absolute atomic E-state index is 0.00154. The number of nitrogens with one attached hydrogen (secondary N) is 1. The highest BCUT2D eigenvalue weighted by atomic mass is 35.5. The van der Waals surface area contributed by atoms with Crippen molar-refractivity contribution in [1.29, 1.82) is 0 Å². The van der Waals surface area contributed by atoms with Gasteiger partial charge in [0, 0.05) is 26.2 Å². The van der Waals surface area contributed by atoms with Gasteiger partial charge in [-0.3, -0.25) is 14.9 Å². The molecule has 0 atom stereocenters. The lowest BCUT2D eigenvalue weighted by Crippen LogP contribution is -2.54. The van der Waals surface area contributed by atoms with Crippen LogP contribution in [0.3, 0.4) is 0 Å². The van der Waals surface area contributed by atoms with Crippen LogP contribution in [0.2, 0.25) is 30.1 Å². The molecule has 36 heavy (non-hydrogen) atoms. The van der Waals surface area contributed by atoms with Gasteiger partial charge in [-0.2, -0.15) is 0 Å². The number of hydrogen-bond acceptors (Lipinski definition) is 4. The summed E-state index contributed by atoms with van der Waals surface area (Å²) in [5.41, 5.74) is 0.588. The summed E-state index contributed by atoms with van der Waals surface area (Å²) < 4.78 is 5.88. The number of carbonyl (C=O) groups is 3. The topological polar surface area (TPSA) is 75.7 Å². The third kappa shape index (κ3) is 5.59. The Bertz CT molecular complexity index is 1460. The monoisotopic (exact) mass is 602 g/mol. The quantitative estimate of drug-likeness (QED) is 0.238. The lowest BCUT2D eigenvalue weighted by atomic mass is 10.1. The van der Waals surface area contributed by atoms with Crippen LogP contribution in [0.5, 0.6) is 5.75 Å². The summed E-state index contributed by atoms with van der Waals surface area (Å²) in [6.07, 6.45) is 1.23. The number of benzene rings is 3. The molecule has 12 heteroatoms. The summed E-state index contributed by atoms with van der Waals surface area (Å²) in [5, 5.41) is 3.67. The molecule has 1 aliphatic rings. The number of rotatable bonds is 5. The Labute approximate surface area is 235 Å². The fourth-order valence-corrected chi connectivity index (χ4v) is 4.62. The molecule has 4 rings (SSSR count). The molecule has 0 aromatic heterocycles. The summed E-state index contributed by atoms with van der Waals surface area (Å²) >= 11 is 36.7. The Morgan fingerprint density at radius 3 is 2.19 bits per heavy atom. The standard InChI is InChI=1S/C24H12Cl6N2O4/c25-13-2-1-11(18(28)7-13)10-36-21-12(5-14(26)8-20(21)30)6-16-22(33)31-24(35)32(23(16)34)15-3-4-17(27)19(29)9-15/h1-9H,10H2,(H,31,33,35)/b16-6+. The van der Waals surface area contributed by atoms with Gasteiger partial charge in [-0.05, 0) is 48.5 Å². The molecule has 184 valence electrons. The molecule has 3 aromatic carbocycles. The van der Waals surface area contributed by atoms with E-state index in [1.807, 2.05) is 0 Å². The zero-order valence-electron chi connectivity index (χ0n) is 17.8. The third-order valence-electron chi connectivity index (χ3n) is 4.99. The van der Waals surface area contributed by atoms with Crippen LogP contribution >= 0.6 is 69.6 Å². The van der Waals surface area contributed by atoms with Crippen LogP contribution in [0.25, 0.3) is 6.08 Å². The van der Waals surface area contributed by atoms with E-state index in [1.165, 1.54) is 36.4 Å². The highest BCUT2D eigenvalue weighted by Gasteiger charge is 2.37. The number of amides is 4. The van der Waals surface area contributed by atoms with Crippen LogP contribution in [0.1, 0.15) is 11.1 Å². The number of carbonyl (C=O) groups excluding carboxylic acids is 3. The van der Waals surface area contributed by atoms with Crippen molar-refractivity contribution in [1.82, 2.24) is 5.32 Å². The summed E-state index contributed by atoms with van der Waals surface area (Å²) in [5.74, 6) is -1.67. The minimum atomic E-state index is -0.946. The maximum atomic E-state index is 13.2. The molecule has 0 unspecified atom stereocenters. The van der Waals surface area contributed by atoms with Gasteiger partial charge in [0.1, 0.15) is 17.9 Å². The lowest BCUT2D eigenvalue weighted by molar-refractivity contribution is -0.122. The number of hydrogen-bond donors (Lipinski definition) is 1. The highest BCUT2D eigenvalue weighted by molar-refractivity contribution is 6.43. The molecule has 0 radical (unpaired) electrons. The Hall–Kier alpha value is -2.45. The number of urea groups is 1. The van der Waals surface area contributed by atoms with Crippen molar-refractivity contribution in [2.45, 2.75) is 6.61 Å². The zero-order chi connectivity index (χ0) is 26.1. The third-order valence-corrected chi connectivity index (χ3v) is 6.81. The largest absolute Gasteiger partial charge is 0.487 e. The van der Waals surface area contributed by atoms with Gasteiger partial charge in [0.15, 0.2) is 0 Å². The van der Waals surface area contributed by atoms with Crippen LogP contribution < -0.4 is 15.0 Å². The number of ether oxygens (including phenoxy) is 1. The van der Waals surface area contributed by atoms with Crippen molar-refractivity contribution < 1.29 is 19.1 Å². The first-order valence-corrected chi connectivity index (χ1v) is 12.2. The van der Waals surface area contributed by atoms with Crippen LogP contribution in [0, 0.1) is 0 Å². The number of imide groups is 2. The molecule has 1 aliphatic heterocycles. The number of nitrogens with zero attached hydrogens (tertiary/aromatic N) is 1. The summed E-state index contributed by atoms with van der Waals surface area (Å²) in [7, 11) is 0. The Kier molecular flexibility index (Phi) is 8.05. The van der Waals surface area contributed by atoms with Gasteiger partial charge in [-0.1, -0.05) is 75.7 Å². The molecule has 0 bridgehead atoms. The normalized spacial score (nSPS) is 14.9. The van der Waals surface area contributed by atoms with E-state index >= 15 is 0 Å². The number of barbiturate groups is 1. The fraction of sp³-hybridized carbons (Fsp3) is 0.0417. The molecular formula is C24H12Cl6N2O4. The molecule has 6 nitrogen and oxygen atoms in total. The first-order chi connectivity index (χ1) is 17.0. The van der Waals surface area contributed by atoms with Gasteiger partial charge >= 0.3 is 6.03 Å². The van der Waals surface area contributed by atoms with Crippen molar-refractivity contribution in [2.75, 3.05) is 4.90 Å². The van der Waals surface area contributed by atoms with E-state index in [4.69, 9.17) is 74.3 Å². The van der Waals surface area contributed by atoms with E-state index in [0.29, 0.717) is 15.6 Å². The summed E-state index contributed by atoms with van der Waals surface area (Å²) in [4.78, 5) is 39.1. The second-order valence-electron chi connectivity index (χ2n) is 7.39. The van der Waals surface area contributed by atoms with Crippen LogP contribution in [0.15, 0.2) is 54.1 Å². The highest BCUT2D eigenvalue weighted by Crippen LogP contribution is 2.36. The van der Waals surface area contributed by atoms with E-state index in [2.05, 4.69) is 5.32 Å². The maximum Gasteiger partial charge on any atom is 0.335 e. The maximum absolute atomic E-state index is 13.2. The Morgan fingerprint density at radius 1 is 0.778 bits per heavy atom. The molecule has 3 aromatic rings. The van der Waals surface area contributed by atoms with E-state index in [1.54, 1.807) is 18.2 Å². The Morgan fingerprint density at radius 2 is 1.50 bits per heavy atom. The van der Waals surface area contributed by atoms with Crippen molar-refractivity contribution in [3.8, 4) is 5.75 Å². The summed E-state index contributed by atoms with van der Waals surface area (Å²) in [6, 6.07) is 11.0. The molecule has 1 fully saturated rings. The minimum Gasteiger partial charge on any atom is -0.487 e. The molecule has 1 saturated heterocycles. The van der Waals surface area contributed by atoms with Crippen molar-refractivity contribution in [3.05, 3.63) is 95.4 Å². The van der Waals surface area contributed by atoms with Crippen molar-refractivity contribution in [2.24, 2.45) is 0 Å². The van der Waals surface area contributed by atoms with Crippen molar-refractivity contribution >= 4 is 99.2 Å². The second kappa shape index (κ2) is 10.9. The van der Waals surface area contributed by atoms with Gasteiger partial charge in [0.25, 0.3) is 11.8 Å². The second-order valence-corrected chi connectivity index (χ2v) is 9.89. The molecule has 0 aliphatic carbocycles. The molecule has 4 amide bonds.